The van der Waals surface area contributed by atoms with Crippen molar-refractivity contribution in [3.63, 3.8) is 0 Å². The van der Waals surface area contributed by atoms with Gasteiger partial charge in [-0.2, -0.15) is 0 Å². The molecule has 2 rings (SSSR count). The Morgan fingerprint density at radius 2 is 1.89 bits per heavy atom. The lowest BCUT2D eigenvalue weighted by Crippen LogP contribution is -2.08. The molecule has 0 aliphatic heterocycles. The molecule has 0 spiro atoms. The van der Waals surface area contributed by atoms with Crippen LogP contribution in [-0.2, 0) is 0 Å². The first-order valence-corrected chi connectivity index (χ1v) is 7.57. The number of halogens is 1. The van der Waals surface area contributed by atoms with Crippen LogP contribution in [0.1, 0.15) is 19.3 Å². The van der Waals surface area contributed by atoms with E-state index in [2.05, 4.69) is 51.6 Å². The maximum Gasteiger partial charge on any atom is 0.134 e. The van der Waals surface area contributed by atoms with E-state index in [0.717, 1.165) is 29.8 Å². The lowest BCUT2D eigenvalue weighted by atomic mass is 10.1. The molecule has 0 saturated heterocycles. The molecule has 2 aromatic carbocycles. The average molecular weight is 322 g/mol. The fraction of sp³-hybridized carbons (Fsp3) is 0.375. The van der Waals surface area contributed by atoms with Crippen molar-refractivity contribution in [2.75, 3.05) is 20.2 Å². The van der Waals surface area contributed by atoms with Gasteiger partial charge in [0.15, 0.2) is 0 Å². The lowest BCUT2D eigenvalue weighted by Gasteiger charge is -2.10. The van der Waals surface area contributed by atoms with E-state index in [1.807, 2.05) is 13.1 Å². The minimum atomic E-state index is 0.778. The van der Waals surface area contributed by atoms with E-state index in [1.54, 1.807) is 0 Å². The van der Waals surface area contributed by atoms with Crippen LogP contribution in [0.2, 0.25) is 0 Å². The third-order valence-corrected chi connectivity index (χ3v) is 3.97. The summed E-state index contributed by atoms with van der Waals surface area (Å²) < 4.78 is 6.91. The first-order valence-electron chi connectivity index (χ1n) is 6.77. The molecule has 0 radical (unpaired) electrons. The van der Waals surface area contributed by atoms with Gasteiger partial charge in [-0.05, 0) is 65.6 Å². The van der Waals surface area contributed by atoms with E-state index in [9.17, 15) is 0 Å². The maximum atomic E-state index is 5.86. The Morgan fingerprint density at radius 1 is 1.05 bits per heavy atom. The second kappa shape index (κ2) is 7.51. The van der Waals surface area contributed by atoms with Gasteiger partial charge in [-0.1, -0.05) is 30.3 Å². The molecule has 0 atom stereocenters. The zero-order valence-corrected chi connectivity index (χ0v) is 12.9. The normalized spacial score (nSPS) is 10.8. The second-order valence-electron chi connectivity index (χ2n) is 4.61. The van der Waals surface area contributed by atoms with Crippen molar-refractivity contribution in [3.05, 3.63) is 40.9 Å². The molecule has 0 saturated carbocycles. The predicted molar refractivity (Wildman–Crippen MR) is 84.9 cm³/mol. The molecule has 0 bridgehead atoms. The van der Waals surface area contributed by atoms with Crippen LogP contribution in [0.3, 0.4) is 0 Å². The first kappa shape index (κ1) is 14.4. The molecule has 3 heteroatoms. The standard InChI is InChI=1S/C16H20BrNO/c1-18-11-5-2-6-12-19-15-10-9-13-7-3-4-8-14(13)16(15)17/h3-4,7-10,18H,2,5-6,11-12H2,1H3. The molecule has 0 aliphatic rings. The van der Waals surface area contributed by atoms with Gasteiger partial charge in [0.25, 0.3) is 0 Å². The van der Waals surface area contributed by atoms with Crippen molar-refractivity contribution in [2.45, 2.75) is 19.3 Å². The molecular formula is C16H20BrNO. The van der Waals surface area contributed by atoms with Gasteiger partial charge < -0.3 is 10.1 Å². The van der Waals surface area contributed by atoms with Crippen molar-refractivity contribution >= 4 is 26.7 Å². The summed E-state index contributed by atoms with van der Waals surface area (Å²) >= 11 is 3.64. The zero-order chi connectivity index (χ0) is 13.5. The van der Waals surface area contributed by atoms with E-state index >= 15 is 0 Å². The lowest BCUT2D eigenvalue weighted by molar-refractivity contribution is 0.304. The number of hydrogen-bond acceptors (Lipinski definition) is 2. The highest BCUT2D eigenvalue weighted by atomic mass is 79.9. The molecule has 0 amide bonds. The molecule has 0 aliphatic carbocycles. The highest BCUT2D eigenvalue weighted by Gasteiger charge is 2.05. The van der Waals surface area contributed by atoms with Gasteiger partial charge in [-0.15, -0.1) is 0 Å². The fourth-order valence-electron chi connectivity index (χ4n) is 2.09. The van der Waals surface area contributed by atoms with Crippen LogP contribution in [0, 0.1) is 0 Å². The van der Waals surface area contributed by atoms with Crippen molar-refractivity contribution in [1.29, 1.82) is 0 Å². The predicted octanol–water partition coefficient (Wildman–Crippen LogP) is 4.37. The summed E-state index contributed by atoms with van der Waals surface area (Å²) in [6.07, 6.45) is 3.51. The van der Waals surface area contributed by atoms with Crippen LogP contribution in [0.5, 0.6) is 5.75 Å². The number of ether oxygens (including phenoxy) is 1. The number of rotatable bonds is 7. The Balaban J connectivity index is 1.92. The molecular weight excluding hydrogens is 302 g/mol. The van der Waals surface area contributed by atoms with Gasteiger partial charge in [0.05, 0.1) is 11.1 Å². The van der Waals surface area contributed by atoms with Crippen molar-refractivity contribution in [1.82, 2.24) is 5.32 Å². The zero-order valence-electron chi connectivity index (χ0n) is 11.3. The number of fused-ring (bicyclic) bond motifs is 1. The number of nitrogens with one attached hydrogen (secondary N) is 1. The molecule has 0 heterocycles. The number of benzene rings is 2. The quantitative estimate of drug-likeness (QED) is 0.764. The van der Waals surface area contributed by atoms with E-state index < -0.39 is 0 Å². The molecule has 0 unspecified atom stereocenters. The Bertz CT molecular complexity index is 527. The summed E-state index contributed by atoms with van der Waals surface area (Å²) in [5.41, 5.74) is 0. The molecule has 2 aromatic rings. The smallest absolute Gasteiger partial charge is 0.134 e. The van der Waals surface area contributed by atoms with Gasteiger partial charge >= 0.3 is 0 Å². The molecule has 1 N–H and O–H groups in total. The molecule has 0 fully saturated rings. The SMILES string of the molecule is CNCCCCCOc1ccc2ccccc2c1Br. The molecule has 19 heavy (non-hydrogen) atoms. The molecule has 102 valence electrons. The van der Waals surface area contributed by atoms with Crippen LogP contribution < -0.4 is 10.1 Å². The van der Waals surface area contributed by atoms with Crippen molar-refractivity contribution in [2.24, 2.45) is 0 Å². The van der Waals surface area contributed by atoms with Gasteiger partial charge in [-0.25, -0.2) is 0 Å². The largest absolute Gasteiger partial charge is 0.492 e. The van der Waals surface area contributed by atoms with Crippen LogP contribution >= 0.6 is 15.9 Å². The van der Waals surface area contributed by atoms with E-state index in [1.165, 1.54) is 23.6 Å². The Kier molecular flexibility index (Phi) is 5.67. The van der Waals surface area contributed by atoms with Crippen molar-refractivity contribution in [3.8, 4) is 5.75 Å². The van der Waals surface area contributed by atoms with E-state index in [-0.39, 0.29) is 0 Å². The van der Waals surface area contributed by atoms with E-state index in [0.29, 0.717) is 0 Å². The van der Waals surface area contributed by atoms with Crippen LogP contribution in [0.15, 0.2) is 40.9 Å². The van der Waals surface area contributed by atoms with Gasteiger partial charge in [0, 0.05) is 0 Å². The summed E-state index contributed by atoms with van der Waals surface area (Å²) in [4.78, 5) is 0. The Hall–Kier alpha value is -1.06. The topological polar surface area (TPSA) is 21.3 Å². The van der Waals surface area contributed by atoms with Crippen LogP contribution in [0.4, 0.5) is 0 Å². The summed E-state index contributed by atoms with van der Waals surface area (Å²) in [7, 11) is 1.99. The average Bonchev–Trinajstić information content (AvgIpc) is 2.45. The third kappa shape index (κ3) is 3.95. The van der Waals surface area contributed by atoms with Crippen LogP contribution in [-0.4, -0.2) is 20.2 Å². The number of unbranched alkanes of at least 4 members (excludes halogenated alkanes) is 2. The summed E-state index contributed by atoms with van der Waals surface area (Å²) in [5.74, 6) is 0.937. The minimum absolute atomic E-state index is 0.778. The first-order chi connectivity index (χ1) is 9.33. The highest BCUT2D eigenvalue weighted by Crippen LogP contribution is 2.33. The van der Waals surface area contributed by atoms with Crippen molar-refractivity contribution < 1.29 is 4.74 Å². The molecule has 0 aromatic heterocycles. The number of hydrogen-bond donors (Lipinski definition) is 1. The van der Waals surface area contributed by atoms with Gasteiger partial charge in [-0.3, -0.25) is 0 Å². The summed E-state index contributed by atoms with van der Waals surface area (Å²) in [6.45, 7) is 1.86. The maximum absolute atomic E-state index is 5.86. The van der Waals surface area contributed by atoms with Gasteiger partial charge in [0.2, 0.25) is 0 Å². The van der Waals surface area contributed by atoms with Gasteiger partial charge in [0.1, 0.15) is 5.75 Å². The monoisotopic (exact) mass is 321 g/mol. The minimum Gasteiger partial charge on any atom is -0.492 e. The van der Waals surface area contributed by atoms with E-state index in [4.69, 9.17) is 4.74 Å². The third-order valence-electron chi connectivity index (χ3n) is 3.16. The summed E-state index contributed by atoms with van der Waals surface area (Å²) in [6, 6.07) is 12.5. The Labute approximate surface area is 123 Å². The molecule has 2 nitrogen and oxygen atoms in total. The highest BCUT2D eigenvalue weighted by molar-refractivity contribution is 9.10. The fourth-order valence-corrected chi connectivity index (χ4v) is 2.70. The van der Waals surface area contributed by atoms with Crippen LogP contribution in [0.25, 0.3) is 10.8 Å². The Morgan fingerprint density at radius 3 is 2.74 bits per heavy atom. The summed E-state index contributed by atoms with van der Waals surface area (Å²) in [5, 5.41) is 5.59. The second-order valence-corrected chi connectivity index (χ2v) is 5.40.